The fraction of sp³-hybridized carbons (Fsp3) is 0.923. The molecule has 0 amide bonds. The highest BCUT2D eigenvalue weighted by molar-refractivity contribution is 5.60. The Bertz CT molecular complexity index is 405. The predicted molar refractivity (Wildman–Crippen MR) is 73.1 cm³/mol. The maximum Gasteiger partial charge on any atom is 0.508 e. The summed E-state index contributed by atoms with van der Waals surface area (Å²) < 4.78 is 20.7. The standard InChI is InChI=1S/C13H21NO9/c15-9-7-20-12-10(8-21-11(9)12)23-13(16)19-5-3-1-2-4-6-22-14(17)18/h9-12,15H,1-8H2/t9?,10?,11-,12-/m1/s1. The van der Waals surface area contributed by atoms with Crippen LogP contribution in [0.25, 0.3) is 0 Å². The number of hydrogen-bond donors (Lipinski definition) is 1. The van der Waals surface area contributed by atoms with E-state index in [9.17, 15) is 20.0 Å². The fourth-order valence-corrected chi connectivity index (χ4v) is 2.55. The van der Waals surface area contributed by atoms with Crippen LogP contribution in [0.5, 0.6) is 0 Å². The van der Waals surface area contributed by atoms with E-state index in [4.69, 9.17) is 18.9 Å². The first-order valence-electron chi connectivity index (χ1n) is 7.60. The van der Waals surface area contributed by atoms with E-state index in [2.05, 4.69) is 4.84 Å². The van der Waals surface area contributed by atoms with Gasteiger partial charge in [0.1, 0.15) is 18.3 Å². The number of carbonyl (C=O) groups excluding carboxylic acids is 1. The number of fused-ring (bicyclic) bond motifs is 1. The second-order valence-corrected chi connectivity index (χ2v) is 5.39. The lowest BCUT2D eigenvalue weighted by atomic mass is 10.1. The second kappa shape index (κ2) is 8.85. The minimum atomic E-state index is -0.816. The molecule has 0 bridgehead atoms. The molecule has 2 heterocycles. The van der Waals surface area contributed by atoms with Gasteiger partial charge in [-0.25, -0.2) is 4.79 Å². The van der Waals surface area contributed by atoms with Gasteiger partial charge in [0.2, 0.25) is 0 Å². The Hall–Kier alpha value is -1.65. The van der Waals surface area contributed by atoms with Crippen LogP contribution in [0.1, 0.15) is 25.7 Å². The molecule has 10 heteroatoms. The maximum absolute atomic E-state index is 11.6. The number of aliphatic hydroxyl groups is 1. The minimum absolute atomic E-state index is 0.0754. The Morgan fingerprint density at radius 1 is 1.13 bits per heavy atom. The van der Waals surface area contributed by atoms with Crippen LogP contribution in [-0.2, 0) is 23.8 Å². The summed E-state index contributed by atoms with van der Waals surface area (Å²) in [5.74, 6) is 0. The largest absolute Gasteiger partial charge is 0.508 e. The molecular formula is C13H21NO9. The molecule has 2 aliphatic rings. The lowest BCUT2D eigenvalue weighted by molar-refractivity contribution is -0.757. The summed E-state index contributed by atoms with van der Waals surface area (Å²) in [5.41, 5.74) is 0. The number of rotatable bonds is 9. The van der Waals surface area contributed by atoms with Crippen LogP contribution in [0, 0.1) is 10.1 Å². The van der Waals surface area contributed by atoms with Crippen LogP contribution < -0.4 is 0 Å². The molecule has 0 aromatic rings. The molecule has 2 saturated heterocycles. The molecule has 2 rings (SSSR count). The first kappa shape index (κ1) is 17.7. The van der Waals surface area contributed by atoms with Gasteiger partial charge in [0, 0.05) is 0 Å². The number of nitrogens with zero attached hydrogens (tertiary/aromatic N) is 1. The lowest BCUT2D eigenvalue weighted by Gasteiger charge is -2.16. The summed E-state index contributed by atoms with van der Waals surface area (Å²) in [7, 11) is 0. The Kier molecular flexibility index (Phi) is 6.81. The van der Waals surface area contributed by atoms with Crippen molar-refractivity contribution >= 4 is 6.16 Å². The van der Waals surface area contributed by atoms with Gasteiger partial charge in [0.15, 0.2) is 6.10 Å². The molecule has 2 fully saturated rings. The van der Waals surface area contributed by atoms with Gasteiger partial charge in [0.25, 0.3) is 5.09 Å². The zero-order valence-electron chi connectivity index (χ0n) is 12.6. The van der Waals surface area contributed by atoms with Crippen molar-refractivity contribution in [3.63, 3.8) is 0 Å². The SMILES string of the molecule is O=C(OCCCCCCO[N+](=O)[O-])OC1CO[C@@H]2C(O)CO[C@H]12. The average molecular weight is 335 g/mol. The van der Waals surface area contributed by atoms with E-state index in [-0.39, 0.29) is 26.4 Å². The van der Waals surface area contributed by atoms with Crippen LogP contribution in [0.15, 0.2) is 0 Å². The lowest BCUT2D eigenvalue weighted by Crippen LogP contribution is -2.34. The molecule has 0 spiro atoms. The highest BCUT2D eigenvalue weighted by atomic mass is 16.9. The van der Waals surface area contributed by atoms with Crippen molar-refractivity contribution in [3.05, 3.63) is 10.1 Å². The molecular weight excluding hydrogens is 314 g/mol. The Balaban J connectivity index is 1.49. The summed E-state index contributed by atoms with van der Waals surface area (Å²) in [6.45, 7) is 0.633. The number of ether oxygens (including phenoxy) is 4. The van der Waals surface area contributed by atoms with E-state index >= 15 is 0 Å². The monoisotopic (exact) mass is 335 g/mol. The van der Waals surface area contributed by atoms with Gasteiger partial charge in [-0.1, -0.05) is 6.42 Å². The number of carbonyl (C=O) groups is 1. The Morgan fingerprint density at radius 3 is 2.57 bits per heavy atom. The second-order valence-electron chi connectivity index (χ2n) is 5.39. The summed E-state index contributed by atoms with van der Waals surface area (Å²) in [6.07, 6.45) is -0.218. The van der Waals surface area contributed by atoms with Gasteiger partial charge in [-0.05, 0) is 19.3 Å². The van der Waals surface area contributed by atoms with Gasteiger partial charge in [-0.15, -0.1) is 10.1 Å². The maximum atomic E-state index is 11.6. The summed E-state index contributed by atoms with van der Waals surface area (Å²) in [5, 5.41) is 18.7. The van der Waals surface area contributed by atoms with Crippen molar-refractivity contribution in [3.8, 4) is 0 Å². The van der Waals surface area contributed by atoms with Crippen molar-refractivity contribution < 1.29 is 38.8 Å². The molecule has 2 aliphatic heterocycles. The first-order valence-corrected chi connectivity index (χ1v) is 7.60. The smallest absolute Gasteiger partial charge is 0.434 e. The molecule has 132 valence electrons. The van der Waals surface area contributed by atoms with Crippen molar-refractivity contribution in [1.82, 2.24) is 0 Å². The Labute approximate surface area is 132 Å². The molecule has 0 aromatic carbocycles. The van der Waals surface area contributed by atoms with Crippen molar-refractivity contribution in [2.75, 3.05) is 26.4 Å². The van der Waals surface area contributed by atoms with Crippen LogP contribution in [0.2, 0.25) is 0 Å². The van der Waals surface area contributed by atoms with E-state index in [1.807, 2.05) is 0 Å². The molecule has 0 aromatic heterocycles. The fourth-order valence-electron chi connectivity index (χ4n) is 2.55. The zero-order valence-corrected chi connectivity index (χ0v) is 12.6. The normalized spacial score (nSPS) is 29.1. The first-order chi connectivity index (χ1) is 11.1. The van der Waals surface area contributed by atoms with Crippen LogP contribution >= 0.6 is 0 Å². The third-order valence-corrected chi connectivity index (χ3v) is 3.68. The number of unbranched alkanes of at least 4 members (excludes halogenated alkanes) is 3. The molecule has 23 heavy (non-hydrogen) atoms. The van der Waals surface area contributed by atoms with Crippen molar-refractivity contribution in [2.45, 2.75) is 50.1 Å². The predicted octanol–water partition coefficient (Wildman–Crippen LogP) is 0.435. The summed E-state index contributed by atoms with van der Waals surface area (Å²) in [4.78, 5) is 25.7. The third kappa shape index (κ3) is 5.48. The van der Waals surface area contributed by atoms with Crippen LogP contribution in [0.3, 0.4) is 0 Å². The van der Waals surface area contributed by atoms with Gasteiger partial charge >= 0.3 is 6.16 Å². The minimum Gasteiger partial charge on any atom is -0.434 e. The van der Waals surface area contributed by atoms with E-state index in [0.29, 0.717) is 12.8 Å². The highest BCUT2D eigenvalue weighted by Gasteiger charge is 2.49. The zero-order chi connectivity index (χ0) is 16.7. The molecule has 0 aliphatic carbocycles. The Morgan fingerprint density at radius 2 is 1.83 bits per heavy atom. The molecule has 0 saturated carbocycles. The van der Waals surface area contributed by atoms with Gasteiger partial charge < -0.3 is 28.9 Å². The highest BCUT2D eigenvalue weighted by Crippen LogP contribution is 2.28. The quantitative estimate of drug-likeness (QED) is 0.276. The molecule has 1 N–H and O–H groups in total. The summed E-state index contributed by atoms with van der Waals surface area (Å²) >= 11 is 0. The summed E-state index contributed by atoms with van der Waals surface area (Å²) in [6, 6.07) is 0. The topological polar surface area (TPSA) is 127 Å². The van der Waals surface area contributed by atoms with E-state index in [1.165, 1.54) is 0 Å². The molecule has 4 atom stereocenters. The van der Waals surface area contributed by atoms with Crippen molar-refractivity contribution in [2.24, 2.45) is 0 Å². The van der Waals surface area contributed by atoms with E-state index < -0.39 is 35.7 Å². The third-order valence-electron chi connectivity index (χ3n) is 3.68. The van der Waals surface area contributed by atoms with E-state index in [1.54, 1.807) is 0 Å². The van der Waals surface area contributed by atoms with Crippen LogP contribution in [0.4, 0.5) is 4.79 Å². The number of aliphatic hydroxyl groups excluding tert-OH is 1. The van der Waals surface area contributed by atoms with E-state index in [0.717, 1.165) is 12.8 Å². The van der Waals surface area contributed by atoms with Crippen molar-refractivity contribution in [1.29, 1.82) is 0 Å². The molecule has 2 unspecified atom stereocenters. The number of hydrogen-bond acceptors (Lipinski definition) is 9. The van der Waals surface area contributed by atoms with Crippen LogP contribution in [-0.4, -0.2) is 67.2 Å². The van der Waals surface area contributed by atoms with Gasteiger partial charge in [-0.3, -0.25) is 0 Å². The van der Waals surface area contributed by atoms with Gasteiger partial charge in [-0.2, -0.15) is 0 Å². The van der Waals surface area contributed by atoms with Gasteiger partial charge in [0.05, 0.1) is 26.4 Å². The average Bonchev–Trinajstić information content (AvgIpc) is 3.06. The molecule has 10 nitrogen and oxygen atoms in total. The molecule has 0 radical (unpaired) electrons.